The van der Waals surface area contributed by atoms with Crippen molar-refractivity contribution < 1.29 is 9.72 Å². The van der Waals surface area contributed by atoms with E-state index in [0.29, 0.717) is 12.1 Å². The van der Waals surface area contributed by atoms with Crippen molar-refractivity contribution in [3.63, 3.8) is 0 Å². The van der Waals surface area contributed by atoms with Crippen LogP contribution in [0.3, 0.4) is 0 Å². The van der Waals surface area contributed by atoms with Crippen LogP contribution in [0.15, 0.2) is 42.5 Å². The van der Waals surface area contributed by atoms with Gasteiger partial charge in [-0.05, 0) is 39.4 Å². The molecule has 0 aromatic heterocycles. The number of hydrogen-bond donors (Lipinski definition) is 1. The molecule has 0 aliphatic rings. The summed E-state index contributed by atoms with van der Waals surface area (Å²) in [5.74, 6) is -0.145. The lowest BCUT2D eigenvalue weighted by molar-refractivity contribution is -0.385. The summed E-state index contributed by atoms with van der Waals surface area (Å²) in [6, 6.07) is 12.0. The van der Waals surface area contributed by atoms with Gasteiger partial charge < -0.3 is 5.32 Å². The number of hydrogen-bond acceptors (Lipinski definition) is 4. The number of rotatable bonds is 6. The van der Waals surface area contributed by atoms with E-state index in [0.717, 1.165) is 16.8 Å². The average molecular weight is 341 g/mol. The van der Waals surface area contributed by atoms with Gasteiger partial charge in [-0.2, -0.15) is 0 Å². The molecule has 0 aliphatic heterocycles. The molecule has 2 aromatic carbocycles. The van der Waals surface area contributed by atoms with E-state index in [-0.39, 0.29) is 11.6 Å². The van der Waals surface area contributed by atoms with E-state index >= 15 is 0 Å². The Morgan fingerprint density at radius 2 is 1.92 bits per heavy atom. The van der Waals surface area contributed by atoms with E-state index in [4.69, 9.17) is 0 Å². The number of anilines is 1. The molecule has 0 bridgehead atoms. The number of nitrogens with zero attached hydrogens (tertiary/aromatic N) is 2. The highest BCUT2D eigenvalue weighted by molar-refractivity contribution is 5.95. The standard InChI is InChI=1S/C19H23N3O3/c1-13-9-10-17(14(2)11-13)20-19(23)15(3)21(4)12-16-7-5-6-8-18(16)22(24)25/h5-11,15H,12H2,1-4H3,(H,20,23). The van der Waals surface area contributed by atoms with Crippen LogP contribution in [0.5, 0.6) is 0 Å². The minimum absolute atomic E-state index is 0.0661. The third kappa shape index (κ3) is 4.64. The highest BCUT2D eigenvalue weighted by Crippen LogP contribution is 2.21. The Labute approximate surface area is 147 Å². The predicted octanol–water partition coefficient (Wildman–Crippen LogP) is 3.67. The number of aryl methyl sites for hydroxylation is 2. The maximum atomic E-state index is 12.5. The van der Waals surface area contributed by atoms with Crippen molar-refractivity contribution in [3.05, 3.63) is 69.3 Å². The van der Waals surface area contributed by atoms with Crippen LogP contribution in [0.1, 0.15) is 23.6 Å². The topological polar surface area (TPSA) is 75.5 Å². The SMILES string of the molecule is Cc1ccc(NC(=O)C(C)N(C)Cc2ccccc2[N+](=O)[O-])c(C)c1. The molecule has 2 rings (SSSR count). The van der Waals surface area contributed by atoms with Gasteiger partial charge in [-0.15, -0.1) is 0 Å². The number of para-hydroxylation sites is 1. The first-order valence-electron chi connectivity index (χ1n) is 8.10. The number of nitro groups is 1. The minimum atomic E-state index is -0.430. The zero-order valence-electron chi connectivity index (χ0n) is 14.9. The molecular formula is C19H23N3O3. The summed E-state index contributed by atoms with van der Waals surface area (Å²) < 4.78 is 0. The van der Waals surface area contributed by atoms with Crippen LogP contribution in [0, 0.1) is 24.0 Å². The lowest BCUT2D eigenvalue weighted by Crippen LogP contribution is -2.39. The van der Waals surface area contributed by atoms with Crippen LogP contribution in [0.4, 0.5) is 11.4 Å². The fourth-order valence-electron chi connectivity index (χ4n) is 2.62. The number of carbonyl (C=O) groups is 1. The van der Waals surface area contributed by atoms with E-state index in [9.17, 15) is 14.9 Å². The number of carbonyl (C=O) groups excluding carboxylic acids is 1. The Morgan fingerprint density at radius 3 is 2.56 bits per heavy atom. The van der Waals surface area contributed by atoms with Gasteiger partial charge in [0.25, 0.3) is 5.69 Å². The second-order valence-electron chi connectivity index (χ2n) is 6.28. The molecule has 6 nitrogen and oxygen atoms in total. The average Bonchev–Trinajstić information content (AvgIpc) is 2.56. The van der Waals surface area contributed by atoms with Gasteiger partial charge in [-0.25, -0.2) is 0 Å². The number of likely N-dealkylation sites (N-methyl/N-ethyl adjacent to an activating group) is 1. The second-order valence-corrected chi connectivity index (χ2v) is 6.28. The lowest BCUT2D eigenvalue weighted by atomic mass is 10.1. The molecule has 0 heterocycles. The first kappa shape index (κ1) is 18.6. The molecule has 0 spiro atoms. The fraction of sp³-hybridized carbons (Fsp3) is 0.316. The Morgan fingerprint density at radius 1 is 1.24 bits per heavy atom. The lowest BCUT2D eigenvalue weighted by Gasteiger charge is -2.24. The van der Waals surface area contributed by atoms with Crippen LogP contribution in [-0.4, -0.2) is 28.8 Å². The third-order valence-electron chi connectivity index (χ3n) is 4.29. The van der Waals surface area contributed by atoms with Gasteiger partial charge in [0.1, 0.15) is 0 Å². The fourth-order valence-corrected chi connectivity index (χ4v) is 2.62. The van der Waals surface area contributed by atoms with Gasteiger partial charge >= 0.3 is 0 Å². The van der Waals surface area contributed by atoms with Crippen LogP contribution in [0.25, 0.3) is 0 Å². The predicted molar refractivity (Wildman–Crippen MR) is 98.6 cm³/mol. The molecule has 0 aliphatic carbocycles. The summed E-state index contributed by atoms with van der Waals surface area (Å²) in [6.07, 6.45) is 0. The van der Waals surface area contributed by atoms with E-state index < -0.39 is 11.0 Å². The monoisotopic (exact) mass is 341 g/mol. The molecule has 25 heavy (non-hydrogen) atoms. The number of nitrogens with one attached hydrogen (secondary N) is 1. The van der Waals surface area contributed by atoms with Gasteiger partial charge in [-0.1, -0.05) is 35.9 Å². The van der Waals surface area contributed by atoms with Crippen molar-refractivity contribution in [1.29, 1.82) is 0 Å². The summed E-state index contributed by atoms with van der Waals surface area (Å²) >= 11 is 0. The smallest absolute Gasteiger partial charge is 0.273 e. The van der Waals surface area contributed by atoms with Crippen LogP contribution >= 0.6 is 0 Å². The van der Waals surface area contributed by atoms with Gasteiger partial charge in [0.05, 0.1) is 11.0 Å². The second kappa shape index (κ2) is 7.90. The Bertz CT molecular complexity index is 789. The largest absolute Gasteiger partial charge is 0.324 e. The number of nitro benzene ring substituents is 1. The molecule has 0 radical (unpaired) electrons. The summed E-state index contributed by atoms with van der Waals surface area (Å²) in [6.45, 7) is 6.05. The van der Waals surface area contributed by atoms with Gasteiger partial charge in [-0.3, -0.25) is 19.8 Å². The zero-order valence-corrected chi connectivity index (χ0v) is 14.9. The molecule has 6 heteroatoms. The maximum absolute atomic E-state index is 12.5. The summed E-state index contributed by atoms with van der Waals surface area (Å²) in [5.41, 5.74) is 3.57. The quantitative estimate of drug-likeness (QED) is 0.642. The van der Waals surface area contributed by atoms with Gasteiger partial charge in [0, 0.05) is 23.9 Å². The summed E-state index contributed by atoms with van der Waals surface area (Å²) in [4.78, 5) is 25.0. The van der Waals surface area contributed by atoms with E-state index in [1.165, 1.54) is 6.07 Å². The molecule has 132 valence electrons. The van der Waals surface area contributed by atoms with Crippen LogP contribution < -0.4 is 5.32 Å². The first-order chi connectivity index (χ1) is 11.8. The zero-order chi connectivity index (χ0) is 18.6. The number of benzene rings is 2. The van der Waals surface area contributed by atoms with Gasteiger partial charge in [0.15, 0.2) is 0 Å². The molecule has 0 fully saturated rings. The van der Waals surface area contributed by atoms with Crippen LogP contribution in [0.2, 0.25) is 0 Å². The van der Waals surface area contributed by atoms with E-state index in [1.807, 2.05) is 32.0 Å². The highest BCUT2D eigenvalue weighted by Gasteiger charge is 2.21. The molecule has 1 atom stereocenters. The van der Waals surface area contributed by atoms with Crippen molar-refractivity contribution in [2.45, 2.75) is 33.4 Å². The molecule has 1 amide bonds. The molecule has 1 unspecified atom stereocenters. The molecular weight excluding hydrogens is 318 g/mol. The first-order valence-corrected chi connectivity index (χ1v) is 8.10. The maximum Gasteiger partial charge on any atom is 0.273 e. The Hall–Kier alpha value is -2.73. The molecule has 1 N–H and O–H groups in total. The number of amides is 1. The Kier molecular flexibility index (Phi) is 5.88. The van der Waals surface area contributed by atoms with Crippen molar-refractivity contribution in [2.75, 3.05) is 12.4 Å². The molecule has 0 saturated heterocycles. The summed E-state index contributed by atoms with van der Waals surface area (Å²) in [7, 11) is 1.78. The van der Waals surface area contributed by atoms with Crippen molar-refractivity contribution in [3.8, 4) is 0 Å². The van der Waals surface area contributed by atoms with Crippen molar-refractivity contribution in [1.82, 2.24) is 4.90 Å². The highest BCUT2D eigenvalue weighted by atomic mass is 16.6. The van der Waals surface area contributed by atoms with Crippen molar-refractivity contribution in [2.24, 2.45) is 0 Å². The summed E-state index contributed by atoms with van der Waals surface area (Å²) in [5, 5.41) is 14.0. The third-order valence-corrected chi connectivity index (χ3v) is 4.29. The van der Waals surface area contributed by atoms with E-state index in [1.54, 1.807) is 37.1 Å². The van der Waals surface area contributed by atoms with Crippen LogP contribution in [-0.2, 0) is 11.3 Å². The van der Waals surface area contributed by atoms with Gasteiger partial charge in [0.2, 0.25) is 5.91 Å². The normalized spacial score (nSPS) is 12.0. The Balaban J connectivity index is 2.08. The minimum Gasteiger partial charge on any atom is -0.324 e. The van der Waals surface area contributed by atoms with E-state index in [2.05, 4.69) is 5.32 Å². The molecule has 0 saturated carbocycles. The molecule has 2 aromatic rings. The van der Waals surface area contributed by atoms with Crippen molar-refractivity contribution >= 4 is 17.3 Å².